The molecule has 0 spiro atoms. The predicted molar refractivity (Wildman–Crippen MR) is 130 cm³/mol. The lowest BCUT2D eigenvalue weighted by atomic mass is 9.94. The van der Waals surface area contributed by atoms with Crippen molar-refractivity contribution in [2.75, 3.05) is 14.2 Å². The average molecular weight is 483 g/mol. The monoisotopic (exact) mass is 482 g/mol. The summed E-state index contributed by atoms with van der Waals surface area (Å²) in [7, 11) is 3.12. The largest absolute Gasteiger partial charge is 0.497 e. The van der Waals surface area contributed by atoms with E-state index in [1.54, 1.807) is 61.8 Å². The number of rotatable bonds is 9. The molecule has 1 aliphatic rings. The van der Waals surface area contributed by atoms with Crippen LogP contribution < -0.4 is 14.8 Å². The van der Waals surface area contributed by atoms with E-state index >= 15 is 0 Å². The molecule has 7 nitrogen and oxygen atoms in total. The number of nitrogens with one attached hydrogen (secondary N) is 1. The topological polar surface area (TPSA) is 81.0 Å². The molecule has 0 bridgehead atoms. The Morgan fingerprint density at radius 2 is 1.94 bits per heavy atom. The molecule has 1 atom stereocenters. The molecular formula is C26H30N2O5S. The maximum absolute atomic E-state index is 13.9. The van der Waals surface area contributed by atoms with E-state index in [9.17, 15) is 9.59 Å². The van der Waals surface area contributed by atoms with E-state index in [0.29, 0.717) is 27.7 Å². The number of hydrogen-bond acceptors (Lipinski definition) is 6. The van der Waals surface area contributed by atoms with Gasteiger partial charge in [-0.05, 0) is 54.6 Å². The van der Waals surface area contributed by atoms with Gasteiger partial charge in [0.15, 0.2) is 0 Å². The van der Waals surface area contributed by atoms with E-state index in [2.05, 4.69) is 5.32 Å². The van der Waals surface area contributed by atoms with Crippen LogP contribution in [0.2, 0.25) is 0 Å². The number of nitrogens with zero attached hydrogens (tertiary/aromatic N) is 1. The van der Waals surface area contributed by atoms with Crippen LogP contribution in [0.3, 0.4) is 0 Å². The Morgan fingerprint density at radius 3 is 2.59 bits per heavy atom. The normalized spacial score (nSPS) is 14.9. The van der Waals surface area contributed by atoms with Crippen molar-refractivity contribution in [2.45, 2.75) is 50.7 Å². The molecule has 1 N–H and O–H groups in total. The van der Waals surface area contributed by atoms with Crippen LogP contribution in [-0.4, -0.2) is 37.0 Å². The molecule has 4 rings (SSSR count). The highest BCUT2D eigenvalue weighted by Crippen LogP contribution is 2.36. The van der Waals surface area contributed by atoms with Crippen molar-refractivity contribution < 1.29 is 23.5 Å². The number of thiophene rings is 1. The first kappa shape index (κ1) is 23.9. The number of benzene rings is 1. The molecule has 8 heteroatoms. The lowest BCUT2D eigenvalue weighted by Crippen LogP contribution is -2.46. The van der Waals surface area contributed by atoms with Crippen LogP contribution in [-0.2, 0) is 11.3 Å². The van der Waals surface area contributed by atoms with Crippen LogP contribution in [0.25, 0.3) is 0 Å². The zero-order valence-corrected chi connectivity index (χ0v) is 20.3. The van der Waals surface area contributed by atoms with Crippen LogP contribution in [0.5, 0.6) is 11.5 Å². The number of carbonyl (C=O) groups is 2. The molecule has 1 unspecified atom stereocenters. The van der Waals surface area contributed by atoms with Crippen LogP contribution in [0, 0.1) is 0 Å². The van der Waals surface area contributed by atoms with Gasteiger partial charge >= 0.3 is 0 Å². The Hall–Kier alpha value is -3.26. The van der Waals surface area contributed by atoms with Crippen molar-refractivity contribution in [1.82, 2.24) is 10.2 Å². The number of ether oxygens (including phenoxy) is 2. The van der Waals surface area contributed by atoms with E-state index < -0.39 is 6.04 Å². The molecule has 34 heavy (non-hydrogen) atoms. The molecule has 0 radical (unpaired) electrons. The second kappa shape index (κ2) is 11.2. The highest BCUT2D eigenvalue weighted by molar-refractivity contribution is 7.12. The summed E-state index contributed by atoms with van der Waals surface area (Å²) >= 11 is 1.34. The van der Waals surface area contributed by atoms with E-state index in [1.165, 1.54) is 17.8 Å². The van der Waals surface area contributed by atoms with E-state index in [1.807, 2.05) is 11.4 Å². The summed E-state index contributed by atoms with van der Waals surface area (Å²) in [4.78, 5) is 29.7. The lowest BCUT2D eigenvalue weighted by Gasteiger charge is -2.33. The van der Waals surface area contributed by atoms with Gasteiger partial charge in [0.2, 0.25) is 5.91 Å². The zero-order chi connectivity index (χ0) is 23.9. The summed E-state index contributed by atoms with van der Waals surface area (Å²) in [6.45, 7) is 0.132. The Balaban J connectivity index is 1.79. The highest BCUT2D eigenvalue weighted by Gasteiger charge is 2.36. The molecule has 2 heterocycles. The van der Waals surface area contributed by atoms with Crippen LogP contribution in [0.1, 0.15) is 59.1 Å². The second-order valence-corrected chi connectivity index (χ2v) is 9.29. The molecular weight excluding hydrogens is 452 g/mol. The SMILES string of the molecule is COc1ccc(OC)c(C(C(=O)NC2CCCCC2)N(Cc2ccco2)C(=O)c2cccs2)c1. The molecule has 2 aromatic heterocycles. The molecule has 1 saturated carbocycles. The van der Waals surface area contributed by atoms with Crippen molar-refractivity contribution in [2.24, 2.45) is 0 Å². The van der Waals surface area contributed by atoms with Gasteiger partial charge in [-0.2, -0.15) is 0 Å². The predicted octanol–water partition coefficient (Wildman–Crippen LogP) is 5.19. The molecule has 0 aliphatic heterocycles. The first-order chi connectivity index (χ1) is 16.6. The third-order valence-corrected chi connectivity index (χ3v) is 7.00. The number of carbonyl (C=O) groups excluding carboxylic acids is 2. The first-order valence-electron chi connectivity index (χ1n) is 11.5. The number of amides is 2. The van der Waals surface area contributed by atoms with E-state index in [4.69, 9.17) is 13.9 Å². The molecule has 1 aromatic carbocycles. The maximum Gasteiger partial charge on any atom is 0.265 e. The minimum Gasteiger partial charge on any atom is -0.497 e. The van der Waals surface area contributed by atoms with E-state index in [0.717, 1.165) is 25.7 Å². The van der Waals surface area contributed by atoms with Crippen molar-refractivity contribution in [3.8, 4) is 11.5 Å². The summed E-state index contributed by atoms with van der Waals surface area (Å²) in [5, 5.41) is 5.06. The van der Waals surface area contributed by atoms with Crippen molar-refractivity contribution in [3.63, 3.8) is 0 Å². The zero-order valence-electron chi connectivity index (χ0n) is 19.5. The lowest BCUT2D eigenvalue weighted by molar-refractivity contribution is -0.127. The van der Waals surface area contributed by atoms with Crippen molar-refractivity contribution in [3.05, 3.63) is 70.3 Å². The number of furan rings is 1. The van der Waals surface area contributed by atoms with Crippen molar-refractivity contribution >= 4 is 23.2 Å². The quantitative estimate of drug-likeness (QED) is 0.454. The summed E-state index contributed by atoms with van der Waals surface area (Å²) in [5.41, 5.74) is 0.562. The fraction of sp³-hybridized carbons (Fsp3) is 0.385. The maximum atomic E-state index is 13.9. The Labute approximate surface area is 203 Å². The van der Waals surface area contributed by atoms with Gasteiger partial charge in [-0.15, -0.1) is 11.3 Å². The van der Waals surface area contributed by atoms with Crippen molar-refractivity contribution in [1.29, 1.82) is 0 Å². The third-order valence-electron chi connectivity index (χ3n) is 6.14. The Bertz CT molecular complexity index is 1070. The van der Waals surface area contributed by atoms with Crippen LogP contribution >= 0.6 is 11.3 Å². The summed E-state index contributed by atoms with van der Waals surface area (Å²) < 4.78 is 16.6. The number of hydrogen-bond donors (Lipinski definition) is 1. The van der Waals surface area contributed by atoms with Gasteiger partial charge in [0.1, 0.15) is 23.3 Å². The third kappa shape index (κ3) is 5.44. The Morgan fingerprint density at radius 1 is 1.12 bits per heavy atom. The Kier molecular flexibility index (Phi) is 7.90. The van der Waals surface area contributed by atoms with Gasteiger partial charge in [-0.25, -0.2) is 0 Å². The summed E-state index contributed by atoms with van der Waals surface area (Å²) in [6, 6.07) is 11.6. The number of methoxy groups -OCH3 is 2. The molecule has 3 aromatic rings. The van der Waals surface area contributed by atoms with Crippen LogP contribution in [0.4, 0.5) is 0 Å². The molecule has 2 amide bonds. The standard InChI is InChI=1S/C26H30N2O5S/c1-31-19-12-13-22(32-2)21(16-19)24(25(29)27-18-8-4-3-5-9-18)28(17-20-10-6-14-33-20)26(30)23-11-7-15-34-23/h6-7,10-16,18,24H,3-5,8-9,17H2,1-2H3,(H,27,29). The summed E-state index contributed by atoms with van der Waals surface area (Å²) in [5.74, 6) is 1.18. The minimum atomic E-state index is -0.938. The molecule has 0 saturated heterocycles. The fourth-order valence-electron chi connectivity index (χ4n) is 4.42. The summed E-state index contributed by atoms with van der Waals surface area (Å²) in [6.07, 6.45) is 6.79. The van der Waals surface area contributed by atoms with Gasteiger partial charge in [0.25, 0.3) is 5.91 Å². The molecule has 1 aliphatic carbocycles. The second-order valence-electron chi connectivity index (χ2n) is 8.34. The van der Waals surface area contributed by atoms with Gasteiger partial charge in [-0.3, -0.25) is 9.59 Å². The average Bonchev–Trinajstić information content (AvgIpc) is 3.58. The van der Waals surface area contributed by atoms with Gasteiger partial charge < -0.3 is 24.1 Å². The smallest absolute Gasteiger partial charge is 0.265 e. The molecule has 180 valence electrons. The van der Waals surface area contributed by atoms with Gasteiger partial charge in [-0.1, -0.05) is 25.3 Å². The molecule has 1 fully saturated rings. The van der Waals surface area contributed by atoms with Crippen LogP contribution in [0.15, 0.2) is 58.5 Å². The fourth-order valence-corrected chi connectivity index (χ4v) is 5.10. The van der Waals surface area contributed by atoms with Gasteiger partial charge in [0.05, 0.1) is 31.9 Å². The minimum absolute atomic E-state index is 0.0858. The van der Waals surface area contributed by atoms with Gasteiger partial charge in [0, 0.05) is 11.6 Å². The van der Waals surface area contributed by atoms with E-state index in [-0.39, 0.29) is 24.4 Å². The highest BCUT2D eigenvalue weighted by atomic mass is 32.1. The first-order valence-corrected chi connectivity index (χ1v) is 12.4.